The molecule has 7 nitrogen and oxygen atoms in total. The van der Waals surface area contributed by atoms with Crippen LogP contribution in [0.4, 0.5) is 5.95 Å². The fraction of sp³-hybridized carbons (Fsp3) is 0.586. The molecule has 1 unspecified atom stereocenters. The van der Waals surface area contributed by atoms with Gasteiger partial charge in [0.2, 0.25) is 5.95 Å². The van der Waals surface area contributed by atoms with Crippen LogP contribution in [-0.2, 0) is 6.54 Å². The van der Waals surface area contributed by atoms with E-state index >= 15 is 0 Å². The second-order valence-electron chi connectivity index (χ2n) is 11.4. The van der Waals surface area contributed by atoms with E-state index in [4.69, 9.17) is 5.10 Å². The Balaban J connectivity index is 1.44. The zero-order chi connectivity index (χ0) is 25.3. The summed E-state index contributed by atoms with van der Waals surface area (Å²) in [5.74, 6) is 1.06. The smallest absolute Gasteiger partial charge is 0.241 e. The van der Waals surface area contributed by atoms with E-state index < -0.39 is 5.60 Å². The Labute approximate surface area is 215 Å². The highest BCUT2D eigenvalue weighted by atomic mass is 16.3. The van der Waals surface area contributed by atoms with Crippen molar-refractivity contribution in [2.75, 3.05) is 38.5 Å². The van der Waals surface area contributed by atoms with Crippen molar-refractivity contribution in [1.29, 1.82) is 0 Å². The SMILES string of the molecule is CCC(C)Nc1ncc2c(-c3ccc(CN4CCN(C)CC4)cc3)cc(C3CCC(C)(O)CC3)n2n1. The molecule has 2 aromatic heterocycles. The first-order valence-corrected chi connectivity index (χ1v) is 13.7. The van der Waals surface area contributed by atoms with Gasteiger partial charge < -0.3 is 15.3 Å². The fourth-order valence-corrected chi connectivity index (χ4v) is 5.51. The molecule has 36 heavy (non-hydrogen) atoms. The summed E-state index contributed by atoms with van der Waals surface area (Å²) in [5.41, 5.74) is 5.47. The third-order valence-corrected chi connectivity index (χ3v) is 8.28. The van der Waals surface area contributed by atoms with Crippen LogP contribution in [0.15, 0.2) is 36.5 Å². The molecule has 1 aromatic carbocycles. The molecule has 0 amide bonds. The van der Waals surface area contributed by atoms with Crippen LogP contribution in [0.3, 0.4) is 0 Å². The molecule has 3 heterocycles. The van der Waals surface area contributed by atoms with E-state index in [2.05, 4.69) is 75.8 Å². The Morgan fingerprint density at radius 3 is 2.47 bits per heavy atom. The van der Waals surface area contributed by atoms with Gasteiger partial charge in [0.1, 0.15) is 0 Å². The molecule has 1 aliphatic carbocycles. The molecule has 2 aliphatic rings. The normalized spacial score (nSPS) is 24.8. The summed E-state index contributed by atoms with van der Waals surface area (Å²) >= 11 is 0. The molecule has 1 saturated heterocycles. The minimum absolute atomic E-state index is 0.318. The van der Waals surface area contributed by atoms with Gasteiger partial charge in [0, 0.05) is 55.9 Å². The highest BCUT2D eigenvalue weighted by Gasteiger charge is 2.31. The van der Waals surface area contributed by atoms with Gasteiger partial charge in [-0.1, -0.05) is 31.2 Å². The molecule has 2 fully saturated rings. The van der Waals surface area contributed by atoms with Crippen molar-refractivity contribution in [3.63, 3.8) is 0 Å². The number of benzene rings is 1. The molecule has 2 N–H and O–H groups in total. The van der Waals surface area contributed by atoms with Gasteiger partial charge in [0.25, 0.3) is 0 Å². The average Bonchev–Trinajstić information content (AvgIpc) is 3.24. The Morgan fingerprint density at radius 1 is 1.11 bits per heavy atom. The summed E-state index contributed by atoms with van der Waals surface area (Å²) in [6.45, 7) is 11.8. The number of nitrogens with zero attached hydrogens (tertiary/aromatic N) is 5. The summed E-state index contributed by atoms with van der Waals surface area (Å²) in [7, 11) is 2.20. The summed E-state index contributed by atoms with van der Waals surface area (Å²) in [6.07, 6.45) is 6.58. The maximum absolute atomic E-state index is 10.5. The summed E-state index contributed by atoms with van der Waals surface area (Å²) in [5, 5.41) is 18.9. The molecule has 5 rings (SSSR count). The lowest BCUT2D eigenvalue weighted by atomic mass is 9.78. The number of hydrogen-bond donors (Lipinski definition) is 2. The van der Waals surface area contributed by atoms with Gasteiger partial charge in [-0.05, 0) is 70.2 Å². The van der Waals surface area contributed by atoms with Crippen LogP contribution in [0, 0.1) is 0 Å². The molecule has 1 saturated carbocycles. The minimum Gasteiger partial charge on any atom is -0.390 e. The number of hydrogen-bond acceptors (Lipinski definition) is 6. The number of likely N-dealkylation sites (N-methyl/N-ethyl adjacent to an activating group) is 1. The number of anilines is 1. The molecule has 0 bridgehead atoms. The summed E-state index contributed by atoms with van der Waals surface area (Å²) in [4.78, 5) is 9.61. The minimum atomic E-state index is -0.551. The van der Waals surface area contributed by atoms with E-state index in [1.54, 1.807) is 0 Å². The predicted molar refractivity (Wildman–Crippen MR) is 146 cm³/mol. The average molecular weight is 491 g/mol. The number of nitrogens with one attached hydrogen (secondary N) is 1. The van der Waals surface area contributed by atoms with Crippen LogP contribution in [0.2, 0.25) is 0 Å². The molecule has 1 atom stereocenters. The Morgan fingerprint density at radius 2 is 1.81 bits per heavy atom. The van der Waals surface area contributed by atoms with Crippen LogP contribution < -0.4 is 5.32 Å². The van der Waals surface area contributed by atoms with E-state index in [9.17, 15) is 5.11 Å². The third kappa shape index (κ3) is 5.58. The van der Waals surface area contributed by atoms with Crippen molar-refractivity contribution in [3.05, 3.63) is 47.8 Å². The highest BCUT2D eigenvalue weighted by Crippen LogP contribution is 2.40. The summed E-state index contributed by atoms with van der Waals surface area (Å²) in [6, 6.07) is 11.7. The molecule has 194 valence electrons. The number of piperazine rings is 1. The molecular weight excluding hydrogens is 448 g/mol. The first-order valence-electron chi connectivity index (χ1n) is 13.7. The van der Waals surface area contributed by atoms with Crippen molar-refractivity contribution in [3.8, 4) is 11.1 Å². The van der Waals surface area contributed by atoms with Crippen LogP contribution in [0.5, 0.6) is 0 Å². The van der Waals surface area contributed by atoms with Crippen LogP contribution in [0.25, 0.3) is 16.6 Å². The molecule has 7 heteroatoms. The maximum atomic E-state index is 10.5. The quantitative estimate of drug-likeness (QED) is 0.498. The zero-order valence-corrected chi connectivity index (χ0v) is 22.4. The number of aliphatic hydroxyl groups is 1. The lowest BCUT2D eigenvalue weighted by molar-refractivity contribution is 0.0167. The molecule has 3 aromatic rings. The Kier molecular flexibility index (Phi) is 7.33. The first-order chi connectivity index (χ1) is 17.3. The van der Waals surface area contributed by atoms with Crippen molar-refractivity contribution < 1.29 is 5.11 Å². The van der Waals surface area contributed by atoms with Gasteiger partial charge in [-0.25, -0.2) is 9.50 Å². The van der Waals surface area contributed by atoms with E-state index in [-0.39, 0.29) is 0 Å². The molecule has 1 aliphatic heterocycles. The maximum Gasteiger partial charge on any atom is 0.241 e. The van der Waals surface area contributed by atoms with E-state index in [0.717, 1.165) is 70.3 Å². The van der Waals surface area contributed by atoms with Crippen LogP contribution in [-0.4, -0.2) is 74.4 Å². The molecule has 0 spiro atoms. The molecule has 0 radical (unpaired) electrons. The number of aromatic nitrogens is 3. The van der Waals surface area contributed by atoms with Gasteiger partial charge in [-0.2, -0.15) is 0 Å². The second kappa shape index (κ2) is 10.5. The third-order valence-electron chi connectivity index (χ3n) is 8.28. The highest BCUT2D eigenvalue weighted by molar-refractivity contribution is 5.81. The van der Waals surface area contributed by atoms with Crippen molar-refractivity contribution in [2.45, 2.75) is 77.0 Å². The van der Waals surface area contributed by atoms with Gasteiger partial charge in [0.05, 0.1) is 17.3 Å². The van der Waals surface area contributed by atoms with Gasteiger partial charge in [-0.3, -0.25) is 4.90 Å². The van der Waals surface area contributed by atoms with E-state index in [1.165, 1.54) is 22.4 Å². The first kappa shape index (κ1) is 25.2. The zero-order valence-electron chi connectivity index (χ0n) is 22.4. The monoisotopic (exact) mass is 490 g/mol. The van der Waals surface area contributed by atoms with Crippen LogP contribution >= 0.6 is 0 Å². The predicted octanol–water partition coefficient (Wildman–Crippen LogP) is 4.76. The van der Waals surface area contributed by atoms with Gasteiger partial charge >= 0.3 is 0 Å². The van der Waals surface area contributed by atoms with Gasteiger partial charge in [0.15, 0.2) is 0 Å². The number of rotatable bonds is 7. The van der Waals surface area contributed by atoms with Crippen molar-refractivity contribution in [2.24, 2.45) is 0 Å². The Hall–Kier alpha value is -2.48. The lowest BCUT2D eigenvalue weighted by Gasteiger charge is -2.32. The second-order valence-corrected chi connectivity index (χ2v) is 11.4. The van der Waals surface area contributed by atoms with Crippen LogP contribution in [0.1, 0.15) is 70.1 Å². The number of fused-ring (bicyclic) bond motifs is 1. The van der Waals surface area contributed by atoms with Gasteiger partial charge in [-0.15, -0.1) is 5.10 Å². The lowest BCUT2D eigenvalue weighted by Crippen LogP contribution is -2.43. The largest absolute Gasteiger partial charge is 0.390 e. The fourth-order valence-electron chi connectivity index (χ4n) is 5.51. The van der Waals surface area contributed by atoms with E-state index in [1.807, 2.05) is 13.1 Å². The van der Waals surface area contributed by atoms with Crippen molar-refractivity contribution in [1.82, 2.24) is 24.4 Å². The molecular formula is C29H42N6O. The topological polar surface area (TPSA) is 68.9 Å². The van der Waals surface area contributed by atoms with Crippen molar-refractivity contribution >= 4 is 11.5 Å². The summed E-state index contributed by atoms with van der Waals surface area (Å²) < 4.78 is 2.11. The Bertz CT molecular complexity index is 1150. The van der Waals surface area contributed by atoms with E-state index in [0.29, 0.717) is 17.9 Å². The standard InChI is InChI=1S/C29H42N6O/c1-5-21(2)31-28-30-19-27-25(18-26(35(27)32-28)24-10-12-29(3,36)13-11-24)23-8-6-22(7-9-23)20-34-16-14-33(4)15-17-34/h6-9,18-19,21,24,36H,5,10-17,20H2,1-4H3,(H,31,32).